The number of amides is 1. The van der Waals surface area contributed by atoms with Crippen LogP contribution in [0.15, 0.2) is 36.4 Å². The van der Waals surface area contributed by atoms with Crippen LogP contribution in [0.4, 0.5) is 10.1 Å². The standard InChI is InChI=1S/C23H29ClFN3O4/c1-30-21-13-19(26)18(24)12-17(21)23(29)27-20-8-10-28(14-22(20)31-2)9-3-11-32-16-6-4-15(25)5-7-16/h4-7,12-13,20,22H,3,8-11,14,26H2,1-2H3,(H,27,29)/t20-,22?/m0/s1. The molecule has 0 aromatic heterocycles. The summed E-state index contributed by atoms with van der Waals surface area (Å²) in [6, 6.07) is 8.92. The molecule has 1 saturated heterocycles. The topological polar surface area (TPSA) is 86.0 Å². The maximum atomic E-state index is 12.9. The van der Waals surface area contributed by atoms with Gasteiger partial charge in [0.05, 0.1) is 42.1 Å². The molecule has 3 N–H and O–H groups in total. The number of benzene rings is 2. The maximum absolute atomic E-state index is 12.9. The van der Waals surface area contributed by atoms with Crippen molar-refractivity contribution in [3.8, 4) is 11.5 Å². The van der Waals surface area contributed by atoms with Gasteiger partial charge in [-0.3, -0.25) is 4.79 Å². The van der Waals surface area contributed by atoms with Gasteiger partial charge in [0.25, 0.3) is 5.91 Å². The number of carbonyl (C=O) groups excluding carboxylic acids is 1. The van der Waals surface area contributed by atoms with Crippen LogP contribution in [0.5, 0.6) is 11.5 Å². The fourth-order valence-corrected chi connectivity index (χ4v) is 3.92. The number of nitrogen functional groups attached to an aromatic ring is 1. The number of hydrogen-bond donors (Lipinski definition) is 2. The monoisotopic (exact) mass is 465 g/mol. The fraction of sp³-hybridized carbons (Fsp3) is 0.435. The zero-order valence-corrected chi connectivity index (χ0v) is 19.0. The van der Waals surface area contributed by atoms with E-state index in [2.05, 4.69) is 10.2 Å². The first kappa shape index (κ1) is 24.1. The van der Waals surface area contributed by atoms with E-state index in [0.29, 0.717) is 40.9 Å². The molecule has 32 heavy (non-hydrogen) atoms. The molecule has 174 valence electrons. The van der Waals surface area contributed by atoms with E-state index in [9.17, 15) is 9.18 Å². The molecule has 0 bridgehead atoms. The highest BCUT2D eigenvalue weighted by molar-refractivity contribution is 6.33. The van der Waals surface area contributed by atoms with E-state index in [1.54, 1.807) is 25.3 Å². The Labute approximate surface area is 192 Å². The summed E-state index contributed by atoms with van der Waals surface area (Å²) in [4.78, 5) is 15.1. The Balaban J connectivity index is 1.49. The van der Waals surface area contributed by atoms with Crippen LogP contribution >= 0.6 is 11.6 Å². The second kappa shape index (κ2) is 11.4. The van der Waals surface area contributed by atoms with Crippen molar-refractivity contribution in [3.63, 3.8) is 0 Å². The average Bonchev–Trinajstić information content (AvgIpc) is 2.80. The molecule has 2 aromatic rings. The van der Waals surface area contributed by atoms with Gasteiger partial charge >= 0.3 is 0 Å². The Morgan fingerprint density at radius 3 is 2.72 bits per heavy atom. The van der Waals surface area contributed by atoms with Crippen LogP contribution < -0.4 is 20.5 Å². The lowest BCUT2D eigenvalue weighted by Crippen LogP contribution is -2.55. The number of anilines is 1. The Morgan fingerprint density at radius 1 is 1.28 bits per heavy atom. The van der Waals surface area contributed by atoms with Crippen LogP contribution in [-0.4, -0.2) is 63.4 Å². The van der Waals surface area contributed by atoms with Gasteiger partial charge in [0.2, 0.25) is 0 Å². The second-order valence-electron chi connectivity index (χ2n) is 7.67. The predicted octanol–water partition coefficient (Wildman–Crippen LogP) is 3.36. The van der Waals surface area contributed by atoms with E-state index in [0.717, 1.165) is 25.9 Å². The van der Waals surface area contributed by atoms with Gasteiger partial charge in [-0.25, -0.2) is 4.39 Å². The van der Waals surface area contributed by atoms with Gasteiger partial charge in [0, 0.05) is 32.8 Å². The van der Waals surface area contributed by atoms with Gasteiger partial charge in [0.15, 0.2) is 0 Å². The minimum Gasteiger partial charge on any atom is -0.496 e. The Morgan fingerprint density at radius 2 is 2.03 bits per heavy atom. The molecule has 3 rings (SSSR count). The normalized spacial score (nSPS) is 18.9. The van der Waals surface area contributed by atoms with E-state index in [1.807, 2.05) is 0 Å². The number of nitrogens with two attached hydrogens (primary N) is 1. The van der Waals surface area contributed by atoms with Crippen molar-refractivity contribution >= 4 is 23.2 Å². The van der Waals surface area contributed by atoms with Crippen molar-refractivity contribution in [1.29, 1.82) is 0 Å². The molecule has 0 spiro atoms. The minimum atomic E-state index is -0.282. The van der Waals surface area contributed by atoms with Gasteiger partial charge < -0.3 is 30.2 Å². The molecule has 1 aliphatic rings. The third kappa shape index (κ3) is 6.25. The van der Waals surface area contributed by atoms with E-state index >= 15 is 0 Å². The van der Waals surface area contributed by atoms with Crippen molar-refractivity contribution in [2.24, 2.45) is 0 Å². The number of nitrogens with one attached hydrogen (secondary N) is 1. The molecule has 1 heterocycles. The number of hydrogen-bond acceptors (Lipinski definition) is 6. The van der Waals surface area contributed by atoms with E-state index in [-0.39, 0.29) is 23.9 Å². The van der Waals surface area contributed by atoms with Crippen LogP contribution in [0, 0.1) is 5.82 Å². The smallest absolute Gasteiger partial charge is 0.255 e. The van der Waals surface area contributed by atoms with Gasteiger partial charge in [-0.2, -0.15) is 0 Å². The molecule has 1 aliphatic heterocycles. The molecular weight excluding hydrogens is 437 g/mol. The SMILES string of the molecule is COc1cc(N)c(Cl)cc1C(=O)N[C@H]1CCN(CCCOc2ccc(F)cc2)CC1OC. The first-order chi connectivity index (χ1) is 15.4. The third-order valence-corrected chi connectivity index (χ3v) is 5.85. The van der Waals surface area contributed by atoms with Crippen LogP contribution in [0.25, 0.3) is 0 Å². The summed E-state index contributed by atoms with van der Waals surface area (Å²) >= 11 is 6.09. The Hall–Kier alpha value is -2.55. The lowest BCUT2D eigenvalue weighted by atomic mass is 10.0. The number of carbonyl (C=O) groups is 1. The molecule has 0 aliphatic carbocycles. The zero-order valence-electron chi connectivity index (χ0n) is 18.3. The summed E-state index contributed by atoms with van der Waals surface area (Å²) < 4.78 is 29.5. The summed E-state index contributed by atoms with van der Waals surface area (Å²) in [7, 11) is 3.13. The van der Waals surface area contributed by atoms with Crippen LogP contribution in [0.3, 0.4) is 0 Å². The van der Waals surface area contributed by atoms with Crippen molar-refractivity contribution in [1.82, 2.24) is 10.2 Å². The average molecular weight is 466 g/mol. The summed E-state index contributed by atoms with van der Waals surface area (Å²) in [6.07, 6.45) is 1.42. The quantitative estimate of drug-likeness (QED) is 0.436. The summed E-state index contributed by atoms with van der Waals surface area (Å²) in [5.41, 5.74) is 6.49. The largest absolute Gasteiger partial charge is 0.496 e. The number of ether oxygens (including phenoxy) is 3. The highest BCUT2D eigenvalue weighted by Gasteiger charge is 2.31. The van der Waals surface area contributed by atoms with E-state index < -0.39 is 0 Å². The number of likely N-dealkylation sites (tertiary alicyclic amines) is 1. The van der Waals surface area contributed by atoms with E-state index in [4.69, 9.17) is 31.5 Å². The number of halogens is 2. The number of piperidine rings is 1. The molecule has 0 saturated carbocycles. The number of methoxy groups -OCH3 is 2. The van der Waals surface area contributed by atoms with Crippen LogP contribution in [0.1, 0.15) is 23.2 Å². The minimum absolute atomic E-state index is 0.139. The summed E-state index contributed by atoms with van der Waals surface area (Å²) in [5, 5.41) is 3.35. The first-order valence-electron chi connectivity index (χ1n) is 10.5. The molecule has 2 aromatic carbocycles. The molecule has 1 fully saturated rings. The lowest BCUT2D eigenvalue weighted by Gasteiger charge is -2.38. The van der Waals surface area contributed by atoms with Gasteiger partial charge in [-0.1, -0.05) is 11.6 Å². The molecule has 2 atom stereocenters. The Kier molecular flexibility index (Phi) is 8.55. The maximum Gasteiger partial charge on any atom is 0.255 e. The van der Waals surface area contributed by atoms with Crippen LogP contribution in [0.2, 0.25) is 5.02 Å². The number of rotatable bonds is 9. The molecule has 1 amide bonds. The fourth-order valence-electron chi connectivity index (χ4n) is 3.76. The highest BCUT2D eigenvalue weighted by Crippen LogP contribution is 2.29. The molecule has 0 radical (unpaired) electrons. The van der Waals surface area contributed by atoms with Crippen molar-refractivity contribution < 1.29 is 23.4 Å². The molecular formula is C23H29ClFN3O4. The second-order valence-corrected chi connectivity index (χ2v) is 8.08. The molecule has 9 heteroatoms. The van der Waals surface area contributed by atoms with Gasteiger partial charge in [-0.05, 0) is 43.2 Å². The highest BCUT2D eigenvalue weighted by atomic mass is 35.5. The zero-order chi connectivity index (χ0) is 23.1. The van der Waals surface area contributed by atoms with Gasteiger partial charge in [-0.15, -0.1) is 0 Å². The van der Waals surface area contributed by atoms with Crippen molar-refractivity contribution in [2.45, 2.75) is 25.0 Å². The molecule has 7 nitrogen and oxygen atoms in total. The summed E-state index contributed by atoms with van der Waals surface area (Å²) in [5.74, 6) is 0.463. The Bertz CT molecular complexity index is 913. The summed E-state index contributed by atoms with van der Waals surface area (Å²) in [6.45, 7) is 2.89. The van der Waals surface area contributed by atoms with Crippen molar-refractivity contribution in [3.05, 3.63) is 52.8 Å². The lowest BCUT2D eigenvalue weighted by molar-refractivity contribution is 0.00527. The predicted molar refractivity (Wildman–Crippen MR) is 122 cm³/mol. The van der Waals surface area contributed by atoms with Crippen LogP contribution in [-0.2, 0) is 4.74 Å². The first-order valence-corrected chi connectivity index (χ1v) is 10.9. The van der Waals surface area contributed by atoms with E-state index in [1.165, 1.54) is 25.3 Å². The number of nitrogens with zero attached hydrogens (tertiary/aromatic N) is 1. The third-order valence-electron chi connectivity index (χ3n) is 5.53. The van der Waals surface area contributed by atoms with Crippen molar-refractivity contribution in [2.75, 3.05) is 46.2 Å². The van der Waals surface area contributed by atoms with Gasteiger partial charge in [0.1, 0.15) is 17.3 Å². The molecule has 1 unspecified atom stereocenters.